The van der Waals surface area contributed by atoms with Crippen LogP contribution in [0.4, 0.5) is 5.82 Å². The second-order valence-corrected chi connectivity index (χ2v) is 6.24. The van der Waals surface area contributed by atoms with Crippen LogP contribution >= 0.6 is 0 Å². The fraction of sp³-hybridized carbons (Fsp3) is 0.688. The summed E-state index contributed by atoms with van der Waals surface area (Å²) in [6.07, 6.45) is 4.18. The average molecular weight is 277 g/mol. The number of hydrogen-bond donors (Lipinski definition) is 1. The van der Waals surface area contributed by atoms with E-state index in [1.165, 1.54) is 5.56 Å². The van der Waals surface area contributed by atoms with Crippen LogP contribution in [0.15, 0.2) is 18.3 Å². The van der Waals surface area contributed by atoms with Crippen molar-refractivity contribution >= 4 is 5.82 Å². The zero-order chi connectivity index (χ0) is 14.6. The van der Waals surface area contributed by atoms with Crippen molar-refractivity contribution in [2.24, 2.45) is 0 Å². The smallest absolute Gasteiger partial charge is 0.128 e. The van der Waals surface area contributed by atoms with Gasteiger partial charge in [0.1, 0.15) is 5.82 Å². The number of anilines is 1. The third-order valence-electron chi connectivity index (χ3n) is 4.00. The summed E-state index contributed by atoms with van der Waals surface area (Å²) in [5, 5.41) is 3.45. The Hall–Kier alpha value is -1.13. The lowest BCUT2D eigenvalue weighted by Crippen LogP contribution is -2.47. The molecular formula is C16H27N3O. The molecule has 1 unspecified atom stereocenters. The van der Waals surface area contributed by atoms with E-state index in [1.807, 2.05) is 6.20 Å². The van der Waals surface area contributed by atoms with Crippen LogP contribution in [0.2, 0.25) is 0 Å². The molecule has 4 nitrogen and oxygen atoms in total. The van der Waals surface area contributed by atoms with Crippen molar-refractivity contribution < 1.29 is 4.74 Å². The van der Waals surface area contributed by atoms with Gasteiger partial charge in [-0.3, -0.25) is 0 Å². The normalized spacial score (nSPS) is 23.4. The summed E-state index contributed by atoms with van der Waals surface area (Å²) < 4.78 is 5.66. The Morgan fingerprint density at radius 2 is 2.30 bits per heavy atom. The quantitative estimate of drug-likeness (QED) is 0.897. The van der Waals surface area contributed by atoms with Gasteiger partial charge < -0.3 is 15.0 Å². The number of aromatic nitrogens is 1. The molecule has 112 valence electrons. The molecule has 1 saturated heterocycles. The zero-order valence-corrected chi connectivity index (χ0v) is 13.1. The van der Waals surface area contributed by atoms with Gasteiger partial charge in [0, 0.05) is 39.0 Å². The summed E-state index contributed by atoms with van der Waals surface area (Å²) in [5.41, 5.74) is 1.24. The lowest BCUT2D eigenvalue weighted by atomic mass is 9.95. The number of rotatable bonds is 5. The number of hydrogen-bond acceptors (Lipinski definition) is 4. The van der Waals surface area contributed by atoms with E-state index in [9.17, 15) is 0 Å². The fourth-order valence-corrected chi connectivity index (χ4v) is 2.63. The first-order valence-electron chi connectivity index (χ1n) is 7.51. The standard InChI is InChI=1S/C16H27N3O/c1-13(2)18-11-14-6-8-17-15(10-14)19-9-5-7-16(3,12-19)20-4/h6,8,10,13,18H,5,7,9,11-12H2,1-4H3. The Morgan fingerprint density at radius 1 is 1.50 bits per heavy atom. The average Bonchev–Trinajstić information content (AvgIpc) is 2.45. The highest BCUT2D eigenvalue weighted by Crippen LogP contribution is 2.27. The summed E-state index contributed by atoms with van der Waals surface area (Å²) in [6, 6.07) is 4.77. The van der Waals surface area contributed by atoms with Crippen molar-refractivity contribution in [1.29, 1.82) is 0 Å². The van der Waals surface area contributed by atoms with Crippen LogP contribution in [0.3, 0.4) is 0 Å². The second-order valence-electron chi connectivity index (χ2n) is 6.24. The maximum atomic E-state index is 5.66. The first-order valence-corrected chi connectivity index (χ1v) is 7.51. The molecule has 0 spiro atoms. The maximum Gasteiger partial charge on any atom is 0.128 e. The largest absolute Gasteiger partial charge is 0.377 e. The number of nitrogens with zero attached hydrogens (tertiary/aromatic N) is 2. The molecule has 2 rings (SSSR count). The molecular weight excluding hydrogens is 250 g/mol. The highest BCUT2D eigenvalue weighted by molar-refractivity contribution is 5.42. The summed E-state index contributed by atoms with van der Waals surface area (Å²) >= 11 is 0. The molecule has 1 fully saturated rings. The van der Waals surface area contributed by atoms with Crippen LogP contribution in [0.1, 0.15) is 39.2 Å². The Kier molecular flexibility index (Phi) is 5.00. The van der Waals surface area contributed by atoms with Crippen LogP contribution in [0.25, 0.3) is 0 Å². The van der Waals surface area contributed by atoms with Gasteiger partial charge in [0.15, 0.2) is 0 Å². The molecule has 20 heavy (non-hydrogen) atoms. The van der Waals surface area contributed by atoms with Crippen LogP contribution in [0.5, 0.6) is 0 Å². The van der Waals surface area contributed by atoms with Crippen molar-refractivity contribution in [2.75, 3.05) is 25.1 Å². The van der Waals surface area contributed by atoms with E-state index in [0.29, 0.717) is 6.04 Å². The molecule has 4 heteroatoms. The second kappa shape index (κ2) is 6.55. The molecule has 0 aliphatic carbocycles. The maximum absolute atomic E-state index is 5.66. The van der Waals surface area contributed by atoms with Gasteiger partial charge in [-0.05, 0) is 37.5 Å². The Morgan fingerprint density at radius 3 is 3.00 bits per heavy atom. The fourth-order valence-electron chi connectivity index (χ4n) is 2.63. The van der Waals surface area contributed by atoms with Crippen LogP contribution < -0.4 is 10.2 Å². The third kappa shape index (κ3) is 3.93. The molecule has 0 bridgehead atoms. The van der Waals surface area contributed by atoms with Gasteiger partial charge in [-0.15, -0.1) is 0 Å². The summed E-state index contributed by atoms with van der Waals surface area (Å²) in [4.78, 5) is 6.87. The van der Waals surface area contributed by atoms with E-state index < -0.39 is 0 Å². The van der Waals surface area contributed by atoms with Crippen molar-refractivity contribution in [3.05, 3.63) is 23.9 Å². The lowest BCUT2D eigenvalue weighted by molar-refractivity contribution is -0.00481. The van der Waals surface area contributed by atoms with Crippen molar-refractivity contribution in [3.63, 3.8) is 0 Å². The van der Waals surface area contributed by atoms with Crippen LogP contribution in [-0.4, -0.2) is 36.8 Å². The lowest BCUT2D eigenvalue weighted by Gasteiger charge is -2.40. The van der Waals surface area contributed by atoms with Gasteiger partial charge in [0.2, 0.25) is 0 Å². The Labute approximate surface area is 122 Å². The van der Waals surface area contributed by atoms with Crippen molar-refractivity contribution in [1.82, 2.24) is 10.3 Å². The molecule has 1 N–H and O–H groups in total. The monoisotopic (exact) mass is 277 g/mol. The highest BCUT2D eigenvalue weighted by Gasteiger charge is 2.31. The minimum absolute atomic E-state index is 0.0495. The Bertz CT molecular complexity index is 435. The van der Waals surface area contributed by atoms with Crippen molar-refractivity contribution in [2.45, 2.75) is 51.8 Å². The molecule has 1 aromatic heterocycles. The minimum atomic E-state index is -0.0495. The molecule has 1 aliphatic rings. The topological polar surface area (TPSA) is 37.4 Å². The van der Waals surface area contributed by atoms with E-state index >= 15 is 0 Å². The van der Waals surface area contributed by atoms with E-state index in [1.54, 1.807) is 7.11 Å². The molecule has 0 amide bonds. The van der Waals surface area contributed by atoms with E-state index in [2.05, 4.69) is 48.1 Å². The van der Waals surface area contributed by atoms with Crippen LogP contribution in [-0.2, 0) is 11.3 Å². The SMILES string of the molecule is COC1(C)CCCN(c2cc(CNC(C)C)ccn2)C1. The number of nitrogens with one attached hydrogen (secondary N) is 1. The summed E-state index contributed by atoms with van der Waals surface area (Å²) in [5.74, 6) is 1.07. The highest BCUT2D eigenvalue weighted by atomic mass is 16.5. The number of methoxy groups -OCH3 is 1. The van der Waals surface area contributed by atoms with Gasteiger partial charge in [0.25, 0.3) is 0 Å². The zero-order valence-electron chi connectivity index (χ0n) is 13.1. The number of pyridine rings is 1. The molecule has 1 aromatic rings. The van der Waals surface area contributed by atoms with Gasteiger partial charge in [-0.1, -0.05) is 13.8 Å². The third-order valence-corrected chi connectivity index (χ3v) is 4.00. The first-order chi connectivity index (χ1) is 9.52. The predicted octanol–water partition coefficient (Wildman–Crippen LogP) is 2.58. The van der Waals surface area contributed by atoms with Gasteiger partial charge in [-0.25, -0.2) is 4.98 Å². The van der Waals surface area contributed by atoms with E-state index in [-0.39, 0.29) is 5.60 Å². The molecule has 0 saturated carbocycles. The summed E-state index contributed by atoms with van der Waals surface area (Å²) in [6.45, 7) is 9.38. The Balaban J connectivity index is 2.06. The molecule has 2 heterocycles. The van der Waals surface area contributed by atoms with E-state index in [4.69, 9.17) is 4.74 Å². The molecule has 0 radical (unpaired) electrons. The van der Waals surface area contributed by atoms with Crippen LogP contribution in [0, 0.1) is 0 Å². The van der Waals surface area contributed by atoms with Gasteiger partial charge >= 0.3 is 0 Å². The predicted molar refractivity (Wildman–Crippen MR) is 83.1 cm³/mol. The summed E-state index contributed by atoms with van der Waals surface area (Å²) in [7, 11) is 1.81. The number of ether oxygens (including phenoxy) is 1. The van der Waals surface area contributed by atoms with E-state index in [0.717, 1.165) is 38.3 Å². The first kappa shape index (κ1) is 15.3. The van der Waals surface area contributed by atoms with Gasteiger partial charge in [-0.2, -0.15) is 0 Å². The van der Waals surface area contributed by atoms with Gasteiger partial charge in [0.05, 0.1) is 5.60 Å². The molecule has 0 aromatic carbocycles. The molecule has 1 aliphatic heterocycles. The number of piperidine rings is 1. The van der Waals surface area contributed by atoms with Crippen molar-refractivity contribution in [3.8, 4) is 0 Å². The minimum Gasteiger partial charge on any atom is -0.377 e. The molecule has 1 atom stereocenters.